The predicted octanol–water partition coefficient (Wildman–Crippen LogP) is 4.84. The Bertz CT molecular complexity index is 1050. The molecule has 0 aromatic heterocycles. The van der Waals surface area contributed by atoms with E-state index in [1.807, 2.05) is 57.2 Å². The molecule has 0 spiro atoms. The van der Waals surface area contributed by atoms with E-state index in [0.717, 1.165) is 22.4 Å². The molecule has 1 aliphatic heterocycles. The monoisotopic (exact) mass is 421 g/mol. The van der Waals surface area contributed by atoms with Gasteiger partial charge >= 0.3 is 0 Å². The molecule has 2 aromatic rings. The first kappa shape index (κ1) is 21.5. The lowest BCUT2D eigenvalue weighted by Gasteiger charge is -2.13. The standard InChI is InChI=1S/C23H23N3O3S/c1-5-26-22(27)20(30-23(26)25-21-15(2)7-6-8-16(21)3)14-17-9-10-18(29-12-11-24)19(13-17)28-4/h6-10,13-14H,5,12H2,1-4H3/b20-14+,25-23?. The third-order valence-electron chi connectivity index (χ3n) is 4.63. The maximum Gasteiger partial charge on any atom is 0.266 e. The number of methoxy groups -OCH3 is 1. The minimum absolute atomic E-state index is 0.0608. The maximum atomic E-state index is 12.9. The lowest BCUT2D eigenvalue weighted by molar-refractivity contribution is -0.122. The molecule has 3 rings (SSSR count). The van der Waals surface area contributed by atoms with Crippen LogP contribution in [-0.4, -0.2) is 36.2 Å². The van der Waals surface area contributed by atoms with Crippen LogP contribution in [0.15, 0.2) is 46.3 Å². The van der Waals surface area contributed by atoms with Crippen LogP contribution in [0.2, 0.25) is 0 Å². The average Bonchev–Trinajstić information content (AvgIpc) is 3.03. The Kier molecular flexibility index (Phi) is 6.80. The molecule has 1 fully saturated rings. The fraction of sp³-hybridized carbons (Fsp3) is 0.261. The van der Waals surface area contributed by atoms with E-state index in [0.29, 0.717) is 28.1 Å². The number of amidine groups is 1. The number of carbonyl (C=O) groups is 1. The van der Waals surface area contributed by atoms with Gasteiger partial charge < -0.3 is 9.47 Å². The van der Waals surface area contributed by atoms with E-state index in [9.17, 15) is 4.79 Å². The molecule has 7 heteroatoms. The largest absolute Gasteiger partial charge is 0.493 e. The predicted molar refractivity (Wildman–Crippen MR) is 120 cm³/mol. The molecule has 1 saturated heterocycles. The molecule has 1 amide bonds. The van der Waals surface area contributed by atoms with E-state index in [2.05, 4.69) is 0 Å². The van der Waals surface area contributed by atoms with Crippen molar-refractivity contribution in [1.29, 1.82) is 5.26 Å². The first-order chi connectivity index (χ1) is 14.5. The van der Waals surface area contributed by atoms with Gasteiger partial charge in [0.15, 0.2) is 23.3 Å². The summed E-state index contributed by atoms with van der Waals surface area (Å²) in [5, 5.41) is 9.37. The number of aliphatic imine (C=N–C) groups is 1. The van der Waals surface area contributed by atoms with Gasteiger partial charge in [0.05, 0.1) is 17.7 Å². The van der Waals surface area contributed by atoms with Crippen molar-refractivity contribution in [2.75, 3.05) is 20.3 Å². The van der Waals surface area contributed by atoms with Crippen LogP contribution in [0.25, 0.3) is 6.08 Å². The first-order valence-electron chi connectivity index (χ1n) is 9.52. The van der Waals surface area contributed by atoms with Gasteiger partial charge in [0.25, 0.3) is 5.91 Å². The highest BCUT2D eigenvalue weighted by Crippen LogP contribution is 2.36. The van der Waals surface area contributed by atoms with Gasteiger partial charge in [-0.25, -0.2) is 4.99 Å². The smallest absolute Gasteiger partial charge is 0.266 e. The van der Waals surface area contributed by atoms with Crippen LogP contribution >= 0.6 is 11.8 Å². The van der Waals surface area contributed by atoms with Crippen LogP contribution in [0.1, 0.15) is 23.6 Å². The minimum Gasteiger partial charge on any atom is -0.493 e. The Morgan fingerprint density at radius 1 is 1.20 bits per heavy atom. The molecule has 1 heterocycles. The summed E-state index contributed by atoms with van der Waals surface area (Å²) in [4.78, 5) is 20.0. The fourth-order valence-corrected chi connectivity index (χ4v) is 4.15. The summed E-state index contributed by atoms with van der Waals surface area (Å²) in [6.45, 7) is 6.45. The van der Waals surface area contributed by atoms with E-state index in [1.165, 1.54) is 18.9 Å². The van der Waals surface area contributed by atoms with Gasteiger partial charge in [-0.1, -0.05) is 24.3 Å². The third-order valence-corrected chi connectivity index (χ3v) is 5.64. The minimum atomic E-state index is -0.0729. The number of aryl methyl sites for hydroxylation is 2. The number of hydrogen-bond acceptors (Lipinski definition) is 6. The van der Waals surface area contributed by atoms with Crippen LogP contribution in [0.5, 0.6) is 11.5 Å². The number of rotatable bonds is 6. The van der Waals surface area contributed by atoms with Crippen molar-refractivity contribution in [2.24, 2.45) is 4.99 Å². The molecule has 2 aromatic carbocycles. The Morgan fingerprint density at radius 2 is 1.93 bits per heavy atom. The SMILES string of the molecule is CCN1C(=O)/C(=C\c2ccc(OCC#N)c(OC)c2)SC1=Nc1c(C)cccc1C. The lowest BCUT2D eigenvalue weighted by Crippen LogP contribution is -2.28. The second kappa shape index (κ2) is 9.51. The van der Waals surface area contributed by atoms with Gasteiger partial charge in [0, 0.05) is 6.54 Å². The average molecular weight is 422 g/mol. The van der Waals surface area contributed by atoms with Crippen molar-refractivity contribution in [1.82, 2.24) is 4.90 Å². The summed E-state index contributed by atoms with van der Waals surface area (Å²) in [6.07, 6.45) is 1.82. The normalized spacial score (nSPS) is 16.2. The van der Waals surface area contributed by atoms with Crippen LogP contribution < -0.4 is 9.47 Å². The molecule has 0 saturated carbocycles. The van der Waals surface area contributed by atoms with Gasteiger partial charge in [-0.2, -0.15) is 5.26 Å². The van der Waals surface area contributed by atoms with Crippen LogP contribution in [0.4, 0.5) is 5.69 Å². The quantitative estimate of drug-likeness (QED) is 0.624. The molecule has 1 aliphatic rings. The molecular weight excluding hydrogens is 398 g/mol. The number of para-hydroxylation sites is 1. The first-order valence-corrected chi connectivity index (χ1v) is 10.3. The number of ether oxygens (including phenoxy) is 2. The Hall–Kier alpha value is -3.24. The summed E-state index contributed by atoms with van der Waals surface area (Å²) in [6, 6.07) is 13.3. The Morgan fingerprint density at radius 3 is 2.57 bits per heavy atom. The number of nitrogens with zero attached hydrogens (tertiary/aromatic N) is 3. The van der Waals surface area contributed by atoms with E-state index >= 15 is 0 Å². The molecule has 30 heavy (non-hydrogen) atoms. The number of hydrogen-bond donors (Lipinski definition) is 0. The molecule has 154 valence electrons. The molecule has 0 N–H and O–H groups in total. The number of carbonyl (C=O) groups excluding carboxylic acids is 1. The highest BCUT2D eigenvalue weighted by Gasteiger charge is 2.32. The zero-order chi connectivity index (χ0) is 21.7. The molecule has 6 nitrogen and oxygen atoms in total. The second-order valence-electron chi connectivity index (χ2n) is 6.65. The van der Waals surface area contributed by atoms with Gasteiger partial charge in [-0.15, -0.1) is 0 Å². The number of thioether (sulfide) groups is 1. The third kappa shape index (κ3) is 4.50. The Balaban J connectivity index is 1.94. The molecular formula is C23H23N3O3S. The molecule has 0 aliphatic carbocycles. The molecule has 0 unspecified atom stereocenters. The van der Waals surface area contributed by atoms with Crippen molar-refractivity contribution in [2.45, 2.75) is 20.8 Å². The lowest BCUT2D eigenvalue weighted by atomic mass is 10.1. The van der Waals surface area contributed by atoms with Crippen LogP contribution in [-0.2, 0) is 4.79 Å². The van der Waals surface area contributed by atoms with Gasteiger partial charge in [-0.05, 0) is 67.4 Å². The van der Waals surface area contributed by atoms with Crippen molar-refractivity contribution in [3.05, 3.63) is 58.0 Å². The number of likely N-dealkylation sites (N-methyl/N-ethyl adjacent to an activating group) is 1. The summed E-state index contributed by atoms with van der Waals surface area (Å²) in [5.74, 6) is 0.919. The van der Waals surface area contributed by atoms with Crippen molar-refractivity contribution in [3.8, 4) is 17.6 Å². The molecule has 0 atom stereocenters. The maximum absolute atomic E-state index is 12.9. The van der Waals surface area contributed by atoms with Crippen molar-refractivity contribution >= 4 is 34.6 Å². The molecule has 0 radical (unpaired) electrons. The van der Waals surface area contributed by atoms with Gasteiger partial charge in [0.1, 0.15) is 6.07 Å². The van der Waals surface area contributed by atoms with Crippen LogP contribution in [0, 0.1) is 25.2 Å². The van der Waals surface area contributed by atoms with E-state index in [-0.39, 0.29) is 12.5 Å². The number of nitriles is 1. The second-order valence-corrected chi connectivity index (χ2v) is 7.66. The summed E-state index contributed by atoms with van der Waals surface area (Å²) in [5.41, 5.74) is 3.84. The highest BCUT2D eigenvalue weighted by atomic mass is 32.2. The number of benzene rings is 2. The Labute approximate surface area is 180 Å². The zero-order valence-electron chi connectivity index (χ0n) is 17.4. The van der Waals surface area contributed by atoms with E-state index < -0.39 is 0 Å². The van der Waals surface area contributed by atoms with Gasteiger partial charge in [0.2, 0.25) is 0 Å². The van der Waals surface area contributed by atoms with E-state index in [4.69, 9.17) is 19.7 Å². The topological polar surface area (TPSA) is 74.9 Å². The van der Waals surface area contributed by atoms with Crippen molar-refractivity contribution < 1.29 is 14.3 Å². The summed E-state index contributed by atoms with van der Waals surface area (Å²) < 4.78 is 10.7. The fourth-order valence-electron chi connectivity index (χ4n) is 3.10. The number of amides is 1. The van der Waals surface area contributed by atoms with E-state index in [1.54, 1.807) is 17.0 Å². The van der Waals surface area contributed by atoms with Crippen LogP contribution in [0.3, 0.4) is 0 Å². The zero-order valence-corrected chi connectivity index (χ0v) is 18.2. The molecule has 0 bridgehead atoms. The summed E-state index contributed by atoms with van der Waals surface area (Å²) in [7, 11) is 1.54. The van der Waals surface area contributed by atoms with Gasteiger partial charge in [-0.3, -0.25) is 9.69 Å². The summed E-state index contributed by atoms with van der Waals surface area (Å²) >= 11 is 1.36. The highest BCUT2D eigenvalue weighted by molar-refractivity contribution is 8.18. The van der Waals surface area contributed by atoms with Crippen molar-refractivity contribution in [3.63, 3.8) is 0 Å².